The van der Waals surface area contributed by atoms with Gasteiger partial charge in [0.1, 0.15) is 0 Å². The van der Waals surface area contributed by atoms with E-state index in [1.54, 1.807) is 24.1 Å². The first-order valence-electron chi connectivity index (χ1n) is 5.73. The van der Waals surface area contributed by atoms with Gasteiger partial charge in [0.15, 0.2) is 5.82 Å². The van der Waals surface area contributed by atoms with Crippen molar-refractivity contribution >= 4 is 5.82 Å². The Labute approximate surface area is 102 Å². The van der Waals surface area contributed by atoms with Gasteiger partial charge in [-0.1, -0.05) is 0 Å². The molecular weight excluding hydrogens is 218 g/mol. The normalized spacial score (nSPS) is 11.9. The molecule has 0 atom stereocenters. The summed E-state index contributed by atoms with van der Waals surface area (Å²) in [5.74, 6) is 0.367. The Morgan fingerprint density at radius 3 is 2.71 bits per heavy atom. The van der Waals surface area contributed by atoms with E-state index in [0.29, 0.717) is 12.4 Å². The van der Waals surface area contributed by atoms with Gasteiger partial charge in [0.2, 0.25) is 0 Å². The van der Waals surface area contributed by atoms with Gasteiger partial charge in [0.05, 0.1) is 5.60 Å². The number of ether oxygens (including phenoxy) is 1. The molecule has 0 saturated carbocycles. The Balaban J connectivity index is 2.86. The fourth-order valence-electron chi connectivity index (χ4n) is 1.32. The Morgan fingerprint density at radius 2 is 2.18 bits per heavy atom. The maximum Gasteiger partial charge on any atom is 0.293 e. The first kappa shape index (κ1) is 13.7. The van der Waals surface area contributed by atoms with Crippen molar-refractivity contribution in [3.05, 3.63) is 22.7 Å². The molecule has 5 heteroatoms. The SMILES string of the molecule is COC(C)(C)CNc1nccn(C(C)C)c1=O. The summed E-state index contributed by atoms with van der Waals surface area (Å²) in [5.41, 5.74) is -0.429. The molecule has 0 spiro atoms. The fraction of sp³-hybridized carbons (Fsp3) is 0.667. The van der Waals surface area contributed by atoms with Crippen LogP contribution < -0.4 is 10.9 Å². The van der Waals surface area contributed by atoms with Gasteiger partial charge >= 0.3 is 0 Å². The minimum Gasteiger partial charge on any atom is -0.377 e. The highest BCUT2D eigenvalue weighted by Gasteiger charge is 2.17. The lowest BCUT2D eigenvalue weighted by Crippen LogP contribution is -2.35. The Hall–Kier alpha value is -1.36. The average molecular weight is 239 g/mol. The van der Waals surface area contributed by atoms with Crippen molar-refractivity contribution in [2.45, 2.75) is 39.3 Å². The van der Waals surface area contributed by atoms with Crippen LogP contribution in [0.15, 0.2) is 17.2 Å². The molecule has 96 valence electrons. The lowest BCUT2D eigenvalue weighted by Gasteiger charge is -2.23. The van der Waals surface area contributed by atoms with E-state index in [0.717, 1.165) is 0 Å². The molecule has 0 aliphatic carbocycles. The number of anilines is 1. The number of hydrogen-bond acceptors (Lipinski definition) is 4. The highest BCUT2D eigenvalue weighted by Crippen LogP contribution is 2.08. The van der Waals surface area contributed by atoms with Crippen LogP contribution >= 0.6 is 0 Å². The second-order valence-electron chi connectivity index (χ2n) is 4.90. The number of nitrogens with one attached hydrogen (secondary N) is 1. The summed E-state index contributed by atoms with van der Waals surface area (Å²) in [6.45, 7) is 8.36. The number of rotatable bonds is 5. The van der Waals surface area contributed by atoms with E-state index in [4.69, 9.17) is 4.74 Å². The molecule has 0 aromatic carbocycles. The largest absolute Gasteiger partial charge is 0.377 e. The zero-order valence-electron chi connectivity index (χ0n) is 11.2. The van der Waals surface area contributed by atoms with E-state index >= 15 is 0 Å². The van der Waals surface area contributed by atoms with E-state index in [1.807, 2.05) is 27.7 Å². The summed E-state index contributed by atoms with van der Waals surface area (Å²) >= 11 is 0. The van der Waals surface area contributed by atoms with Gasteiger partial charge in [0.25, 0.3) is 5.56 Å². The molecule has 0 aliphatic rings. The van der Waals surface area contributed by atoms with Gasteiger partial charge in [-0.2, -0.15) is 0 Å². The fourth-order valence-corrected chi connectivity index (χ4v) is 1.32. The molecule has 1 aromatic rings. The lowest BCUT2D eigenvalue weighted by atomic mass is 10.1. The minimum atomic E-state index is -0.327. The van der Waals surface area contributed by atoms with Gasteiger partial charge in [-0.05, 0) is 27.7 Å². The molecule has 1 rings (SSSR count). The predicted octanol–water partition coefficient (Wildman–Crippen LogP) is 1.66. The van der Waals surface area contributed by atoms with Crippen LogP contribution in [0.4, 0.5) is 5.82 Å². The molecule has 1 heterocycles. The third-order valence-electron chi connectivity index (χ3n) is 2.66. The van der Waals surface area contributed by atoms with Crippen LogP contribution in [-0.4, -0.2) is 28.8 Å². The maximum absolute atomic E-state index is 12.0. The molecule has 1 N–H and O–H groups in total. The predicted molar refractivity (Wildman–Crippen MR) is 68.5 cm³/mol. The quantitative estimate of drug-likeness (QED) is 0.849. The molecular formula is C12H21N3O2. The molecule has 0 aliphatic heterocycles. The van der Waals surface area contributed by atoms with Crippen molar-refractivity contribution in [2.24, 2.45) is 0 Å². The molecule has 0 saturated heterocycles. The van der Waals surface area contributed by atoms with E-state index in [-0.39, 0.29) is 17.2 Å². The lowest BCUT2D eigenvalue weighted by molar-refractivity contribution is 0.0343. The van der Waals surface area contributed by atoms with Gasteiger partial charge in [-0.25, -0.2) is 4.98 Å². The van der Waals surface area contributed by atoms with Crippen LogP contribution in [0.2, 0.25) is 0 Å². The van der Waals surface area contributed by atoms with Crippen molar-refractivity contribution in [1.82, 2.24) is 9.55 Å². The summed E-state index contributed by atoms with van der Waals surface area (Å²) in [5, 5.41) is 3.03. The van der Waals surface area contributed by atoms with Crippen molar-refractivity contribution in [2.75, 3.05) is 19.0 Å². The van der Waals surface area contributed by atoms with E-state index in [9.17, 15) is 4.79 Å². The summed E-state index contributed by atoms with van der Waals surface area (Å²) in [4.78, 5) is 16.1. The van der Waals surface area contributed by atoms with Gasteiger partial charge in [0, 0.05) is 32.1 Å². The molecule has 0 unspecified atom stereocenters. The standard InChI is InChI=1S/C12H21N3O2/c1-9(2)15-7-6-13-10(11(15)16)14-8-12(3,4)17-5/h6-7,9H,8H2,1-5H3,(H,13,14). The van der Waals surface area contributed by atoms with Crippen molar-refractivity contribution < 1.29 is 4.74 Å². The summed E-state index contributed by atoms with van der Waals surface area (Å²) < 4.78 is 6.93. The van der Waals surface area contributed by atoms with Gasteiger partial charge in [-0.15, -0.1) is 0 Å². The van der Waals surface area contributed by atoms with Crippen LogP contribution in [-0.2, 0) is 4.74 Å². The van der Waals surface area contributed by atoms with Crippen molar-refractivity contribution in [1.29, 1.82) is 0 Å². The third-order valence-corrected chi connectivity index (χ3v) is 2.66. The Morgan fingerprint density at radius 1 is 1.53 bits per heavy atom. The van der Waals surface area contributed by atoms with Gasteiger partial charge in [-0.3, -0.25) is 4.79 Å². The topological polar surface area (TPSA) is 56.1 Å². The Bertz CT molecular complexity index is 424. The smallest absolute Gasteiger partial charge is 0.293 e. The molecule has 0 fully saturated rings. The van der Waals surface area contributed by atoms with Crippen molar-refractivity contribution in [3.63, 3.8) is 0 Å². The van der Waals surface area contributed by atoms with Crippen molar-refractivity contribution in [3.8, 4) is 0 Å². The van der Waals surface area contributed by atoms with Crippen LogP contribution in [0.1, 0.15) is 33.7 Å². The third kappa shape index (κ3) is 3.56. The second kappa shape index (κ2) is 5.31. The highest BCUT2D eigenvalue weighted by molar-refractivity contribution is 5.31. The van der Waals surface area contributed by atoms with E-state index < -0.39 is 0 Å². The number of nitrogens with zero attached hydrogens (tertiary/aromatic N) is 2. The van der Waals surface area contributed by atoms with Crippen LogP contribution in [0, 0.1) is 0 Å². The van der Waals surface area contributed by atoms with Gasteiger partial charge < -0.3 is 14.6 Å². The summed E-state index contributed by atoms with van der Waals surface area (Å²) in [6.07, 6.45) is 3.32. The van der Waals surface area contributed by atoms with E-state index in [2.05, 4.69) is 10.3 Å². The molecule has 0 amide bonds. The number of methoxy groups -OCH3 is 1. The number of hydrogen-bond donors (Lipinski definition) is 1. The minimum absolute atomic E-state index is 0.102. The average Bonchev–Trinajstić information content (AvgIpc) is 2.27. The van der Waals surface area contributed by atoms with Crippen LogP contribution in [0.3, 0.4) is 0 Å². The Kier molecular flexibility index (Phi) is 4.28. The molecule has 17 heavy (non-hydrogen) atoms. The van der Waals surface area contributed by atoms with Crippen LogP contribution in [0.25, 0.3) is 0 Å². The first-order chi connectivity index (χ1) is 7.87. The maximum atomic E-state index is 12.0. The van der Waals surface area contributed by atoms with Crippen LogP contribution in [0.5, 0.6) is 0 Å². The monoisotopic (exact) mass is 239 g/mol. The molecule has 5 nitrogen and oxygen atoms in total. The number of aromatic nitrogens is 2. The molecule has 1 aromatic heterocycles. The second-order valence-corrected chi connectivity index (χ2v) is 4.90. The highest BCUT2D eigenvalue weighted by atomic mass is 16.5. The zero-order valence-corrected chi connectivity index (χ0v) is 11.2. The first-order valence-corrected chi connectivity index (χ1v) is 5.73. The zero-order chi connectivity index (χ0) is 13.1. The summed E-state index contributed by atoms with van der Waals surface area (Å²) in [7, 11) is 1.65. The summed E-state index contributed by atoms with van der Waals surface area (Å²) in [6, 6.07) is 0.126. The van der Waals surface area contributed by atoms with E-state index in [1.165, 1.54) is 0 Å². The molecule has 0 bridgehead atoms. The molecule has 0 radical (unpaired) electrons.